The number of carboxylic acids is 1. The minimum Gasteiger partial charge on any atom is -0.481 e. The maximum absolute atomic E-state index is 11.7. The molecule has 0 saturated heterocycles. The normalized spacial score (nSPS) is 13.2. The maximum atomic E-state index is 11.7. The molecule has 100 valence electrons. The zero-order valence-electron chi connectivity index (χ0n) is 10.0. The van der Waals surface area contributed by atoms with Gasteiger partial charge in [-0.1, -0.05) is 0 Å². The predicted molar refractivity (Wildman–Crippen MR) is 66.4 cm³/mol. The Morgan fingerprint density at radius 3 is 2.61 bits per heavy atom. The first-order chi connectivity index (χ1) is 8.41. The van der Waals surface area contributed by atoms with Gasteiger partial charge in [0.05, 0.1) is 5.75 Å². The second-order valence-corrected chi connectivity index (χ2v) is 5.81. The molecular weight excluding hydrogens is 256 g/mol. The first-order valence-electron chi connectivity index (χ1n) is 5.52. The van der Waals surface area contributed by atoms with Crippen molar-refractivity contribution < 1.29 is 18.3 Å². The van der Waals surface area contributed by atoms with E-state index in [0.29, 0.717) is 0 Å². The van der Waals surface area contributed by atoms with E-state index in [-0.39, 0.29) is 24.6 Å². The number of hydrogen-bond acceptors (Lipinski definition) is 4. The third-order valence-electron chi connectivity index (χ3n) is 2.37. The highest BCUT2D eigenvalue weighted by Gasteiger charge is 2.15. The molecule has 0 saturated carbocycles. The van der Waals surface area contributed by atoms with Crippen molar-refractivity contribution in [3.05, 3.63) is 30.1 Å². The van der Waals surface area contributed by atoms with Crippen molar-refractivity contribution in [2.45, 2.75) is 25.8 Å². The summed E-state index contributed by atoms with van der Waals surface area (Å²) >= 11 is 0. The number of pyridine rings is 1. The van der Waals surface area contributed by atoms with Gasteiger partial charge in [0.15, 0.2) is 0 Å². The lowest BCUT2D eigenvalue weighted by Crippen LogP contribution is -2.29. The number of aromatic nitrogens is 1. The summed E-state index contributed by atoms with van der Waals surface area (Å²) in [5, 5.41) is 8.45. The van der Waals surface area contributed by atoms with Crippen molar-refractivity contribution in [1.29, 1.82) is 0 Å². The highest BCUT2D eigenvalue weighted by atomic mass is 32.2. The molecule has 1 aromatic heterocycles. The smallest absolute Gasteiger partial charge is 0.303 e. The molecule has 0 aromatic carbocycles. The molecule has 0 bridgehead atoms. The summed E-state index contributed by atoms with van der Waals surface area (Å²) in [5.41, 5.74) is 0.812. The van der Waals surface area contributed by atoms with Crippen LogP contribution in [0.25, 0.3) is 0 Å². The molecule has 1 rings (SSSR count). The van der Waals surface area contributed by atoms with Crippen LogP contribution in [-0.4, -0.2) is 30.2 Å². The van der Waals surface area contributed by atoms with Crippen molar-refractivity contribution in [2.75, 3.05) is 5.75 Å². The van der Waals surface area contributed by atoms with Crippen LogP contribution in [0.5, 0.6) is 0 Å². The van der Waals surface area contributed by atoms with Crippen LogP contribution in [0.3, 0.4) is 0 Å². The van der Waals surface area contributed by atoms with E-state index in [1.165, 1.54) is 0 Å². The Hall–Kier alpha value is -1.47. The molecule has 1 atom stereocenters. The monoisotopic (exact) mass is 272 g/mol. The molecule has 1 aromatic rings. The fourth-order valence-electron chi connectivity index (χ4n) is 1.46. The molecule has 0 aliphatic rings. The summed E-state index contributed by atoms with van der Waals surface area (Å²) in [7, 11) is -3.46. The Balaban J connectivity index is 2.53. The topological polar surface area (TPSA) is 96.4 Å². The van der Waals surface area contributed by atoms with E-state index in [0.717, 1.165) is 5.56 Å². The fourth-order valence-corrected chi connectivity index (χ4v) is 2.78. The second-order valence-electron chi connectivity index (χ2n) is 3.94. The Morgan fingerprint density at radius 2 is 2.06 bits per heavy atom. The fraction of sp³-hybridized carbons (Fsp3) is 0.455. The van der Waals surface area contributed by atoms with E-state index in [1.807, 2.05) is 0 Å². The molecule has 0 fully saturated rings. The number of carboxylic acid groups (broad SMARTS) is 1. The summed E-state index contributed by atoms with van der Waals surface area (Å²) in [6, 6.07) is 3.09. The number of nitrogens with one attached hydrogen (secondary N) is 1. The van der Waals surface area contributed by atoms with E-state index in [2.05, 4.69) is 9.71 Å². The van der Waals surface area contributed by atoms with E-state index in [9.17, 15) is 13.2 Å². The molecule has 0 amide bonds. The van der Waals surface area contributed by atoms with Gasteiger partial charge in [0.25, 0.3) is 0 Å². The van der Waals surface area contributed by atoms with Gasteiger partial charge in [0, 0.05) is 24.9 Å². The van der Waals surface area contributed by atoms with Gasteiger partial charge in [-0.3, -0.25) is 9.78 Å². The number of aliphatic carboxylic acids is 1. The van der Waals surface area contributed by atoms with Crippen LogP contribution in [0.2, 0.25) is 0 Å². The molecule has 6 nitrogen and oxygen atoms in total. The highest BCUT2D eigenvalue weighted by molar-refractivity contribution is 7.89. The van der Waals surface area contributed by atoms with Crippen molar-refractivity contribution in [2.24, 2.45) is 0 Å². The lowest BCUT2D eigenvalue weighted by atomic mass is 10.1. The van der Waals surface area contributed by atoms with Gasteiger partial charge in [-0.05, 0) is 31.0 Å². The molecule has 0 aliphatic heterocycles. The largest absolute Gasteiger partial charge is 0.481 e. The summed E-state index contributed by atoms with van der Waals surface area (Å²) in [5.74, 6) is -1.18. The van der Waals surface area contributed by atoms with E-state index >= 15 is 0 Å². The molecule has 0 aliphatic carbocycles. The average molecular weight is 272 g/mol. The van der Waals surface area contributed by atoms with Gasteiger partial charge in [-0.2, -0.15) is 0 Å². The van der Waals surface area contributed by atoms with Crippen molar-refractivity contribution in [3.8, 4) is 0 Å². The van der Waals surface area contributed by atoms with Crippen LogP contribution in [0, 0.1) is 0 Å². The van der Waals surface area contributed by atoms with Gasteiger partial charge < -0.3 is 5.11 Å². The Labute approximate surface area is 106 Å². The van der Waals surface area contributed by atoms with Crippen LogP contribution in [-0.2, 0) is 14.8 Å². The SMILES string of the molecule is C[C@H](NS(=O)(=O)CCCC(=O)O)c1ccncc1. The van der Waals surface area contributed by atoms with E-state index < -0.39 is 16.0 Å². The van der Waals surface area contributed by atoms with Gasteiger partial charge >= 0.3 is 5.97 Å². The molecule has 0 unspecified atom stereocenters. The van der Waals surface area contributed by atoms with Crippen LogP contribution in [0.15, 0.2) is 24.5 Å². The van der Waals surface area contributed by atoms with Crippen molar-refractivity contribution in [3.63, 3.8) is 0 Å². The van der Waals surface area contributed by atoms with Crippen LogP contribution < -0.4 is 4.72 Å². The molecule has 0 radical (unpaired) electrons. The van der Waals surface area contributed by atoms with Gasteiger partial charge in [-0.25, -0.2) is 13.1 Å². The van der Waals surface area contributed by atoms with Gasteiger partial charge in [0.1, 0.15) is 0 Å². The minimum absolute atomic E-state index is 0.105. The average Bonchev–Trinajstić information content (AvgIpc) is 2.28. The quantitative estimate of drug-likeness (QED) is 0.769. The zero-order valence-corrected chi connectivity index (χ0v) is 10.9. The van der Waals surface area contributed by atoms with Crippen LogP contribution in [0.4, 0.5) is 0 Å². The Bertz CT molecular complexity index is 487. The Morgan fingerprint density at radius 1 is 1.44 bits per heavy atom. The van der Waals surface area contributed by atoms with E-state index in [4.69, 9.17) is 5.11 Å². The summed E-state index contributed by atoms with van der Waals surface area (Å²) in [6.45, 7) is 1.73. The molecule has 0 spiro atoms. The molecule has 7 heteroatoms. The molecule has 1 heterocycles. The van der Waals surface area contributed by atoms with Crippen LogP contribution in [0.1, 0.15) is 31.4 Å². The standard InChI is InChI=1S/C11H16N2O4S/c1-9(10-4-6-12-7-5-10)13-18(16,17)8-2-3-11(14)15/h4-7,9,13H,2-3,8H2,1H3,(H,14,15)/t9-/m0/s1. The third kappa shape index (κ3) is 5.24. The van der Waals surface area contributed by atoms with Crippen molar-refractivity contribution in [1.82, 2.24) is 9.71 Å². The molecule has 2 N–H and O–H groups in total. The number of sulfonamides is 1. The lowest BCUT2D eigenvalue weighted by Gasteiger charge is -2.14. The summed E-state index contributed by atoms with van der Waals surface area (Å²) in [4.78, 5) is 14.2. The molecule has 18 heavy (non-hydrogen) atoms. The van der Waals surface area contributed by atoms with Crippen LogP contribution >= 0.6 is 0 Å². The highest BCUT2D eigenvalue weighted by Crippen LogP contribution is 2.12. The van der Waals surface area contributed by atoms with Crippen molar-refractivity contribution >= 4 is 16.0 Å². The summed E-state index contributed by atoms with van der Waals surface area (Å²) < 4.78 is 25.8. The van der Waals surface area contributed by atoms with Gasteiger partial charge in [-0.15, -0.1) is 0 Å². The van der Waals surface area contributed by atoms with Gasteiger partial charge in [0.2, 0.25) is 10.0 Å². The number of nitrogens with zero attached hydrogens (tertiary/aromatic N) is 1. The molecular formula is C11H16N2O4S. The predicted octanol–water partition coefficient (Wildman–Crippen LogP) is 0.927. The minimum atomic E-state index is -3.46. The second kappa shape index (κ2) is 6.46. The number of rotatable bonds is 7. The summed E-state index contributed by atoms with van der Waals surface area (Å²) in [6.07, 6.45) is 3.13. The van der Waals surface area contributed by atoms with E-state index in [1.54, 1.807) is 31.5 Å². The Kier molecular flexibility index (Phi) is 5.24. The first-order valence-corrected chi connectivity index (χ1v) is 7.17. The number of hydrogen-bond donors (Lipinski definition) is 2. The first kappa shape index (κ1) is 14.6. The maximum Gasteiger partial charge on any atom is 0.303 e. The third-order valence-corrected chi connectivity index (χ3v) is 3.90. The number of carbonyl (C=O) groups is 1. The lowest BCUT2D eigenvalue weighted by molar-refractivity contribution is -0.137. The zero-order chi connectivity index (χ0) is 13.6.